The molecule has 3 saturated carbocycles. The molecule has 6 rings (SSSR count). The number of hydrogen-bond donors (Lipinski definition) is 11. The lowest BCUT2D eigenvalue weighted by Gasteiger charge is -2.48. The van der Waals surface area contributed by atoms with E-state index in [0.717, 1.165) is 25.8 Å². The minimum atomic E-state index is -2.93. The van der Waals surface area contributed by atoms with Crippen LogP contribution in [0.15, 0.2) is 64.7 Å². The number of aliphatic carboxylic acids is 1. The molecule has 0 aromatic carbocycles. The average molecular weight is 919 g/mol. The molecule has 19 heteroatoms. The highest BCUT2D eigenvalue weighted by molar-refractivity contribution is 5.94. The molecule has 3 aliphatic carbocycles. The molecular weight excluding hydrogens is 847 g/mol. The quantitative estimate of drug-likeness (QED) is 0.0193. The first kappa shape index (κ1) is 50.7. The zero-order valence-electron chi connectivity index (χ0n) is 37.9. The normalized spacial score (nSPS) is 34.6. The lowest BCUT2D eigenvalue weighted by molar-refractivity contribution is -0.843. The van der Waals surface area contributed by atoms with E-state index in [2.05, 4.69) is 22.2 Å². The minimum Gasteiger partial charge on any atom is -0.477 e. The Bertz CT molecular complexity index is 1840. The van der Waals surface area contributed by atoms with Crippen molar-refractivity contribution in [3.63, 3.8) is 0 Å². The van der Waals surface area contributed by atoms with Gasteiger partial charge in [-0.05, 0) is 95.6 Å². The molecule has 12 N–H and O–H groups in total. The molecule has 364 valence electrons. The van der Waals surface area contributed by atoms with E-state index in [9.17, 15) is 45.3 Å². The van der Waals surface area contributed by atoms with Crippen LogP contribution in [0.25, 0.3) is 0 Å². The van der Waals surface area contributed by atoms with Gasteiger partial charge >= 0.3 is 11.9 Å². The summed E-state index contributed by atoms with van der Waals surface area (Å²) in [5.41, 5.74) is 7.13. The molecule has 3 heterocycles. The number of aliphatic hydroxyl groups is 6. The van der Waals surface area contributed by atoms with E-state index >= 15 is 0 Å². The fraction of sp³-hybridized carbons (Fsp3) is 0.717. The van der Waals surface area contributed by atoms with E-state index in [4.69, 9.17) is 29.4 Å². The lowest BCUT2D eigenvalue weighted by Crippen LogP contribution is -3.09. The number of carbonyl (C=O) groups is 2. The second-order valence-electron chi connectivity index (χ2n) is 18.8. The van der Waals surface area contributed by atoms with E-state index in [-0.39, 0.29) is 67.2 Å². The van der Waals surface area contributed by atoms with E-state index in [1.54, 1.807) is 26.0 Å². The molecule has 65 heavy (non-hydrogen) atoms. The molecule has 1 unspecified atom stereocenters. The van der Waals surface area contributed by atoms with Gasteiger partial charge in [0, 0.05) is 24.6 Å². The minimum absolute atomic E-state index is 0.0547. The number of nitrogens with one attached hydrogen (secondary N) is 3. The number of quaternary nitrogens is 1. The van der Waals surface area contributed by atoms with Crippen LogP contribution in [0.2, 0.25) is 0 Å². The number of ether oxygens (including phenoxy) is 5. The van der Waals surface area contributed by atoms with Crippen LogP contribution in [0, 0.1) is 28.6 Å². The summed E-state index contributed by atoms with van der Waals surface area (Å²) in [5.74, 6) is -6.25. The number of aliphatic hydroxyl groups excluding tert-OH is 4. The molecule has 2 spiro atoms. The standard InChI is InChI=1S/C46H71N5O14/c1-5-30-31(10-9-28-23-51(18-20-53)24-32(39(56)57)36(28)50-43(47)49-17-8-19-52)33(26-61-41(30)65-42-38(62-27(2)3)46(59,60)37(55)34(25-54)64-42)40(58)63-29-11-14-45(21-29)16-15-44(12-6-7-13-44)35(45)22-48-4/h5,9-10,24,26-27,29-31,34-35,37-38,41-42,48,52-55,59-60H,1,6-8,11-23,25H2,2-4H3,(H,56,57)(H3,47,49,50)/p+1/b10-9+/t29-,30+,31-,34+,35+,37+,38-,41-,42-,45+/m0/s1. The molecule has 6 aliphatic rings. The van der Waals surface area contributed by atoms with Crippen LogP contribution in [0.4, 0.5) is 0 Å². The van der Waals surface area contributed by atoms with Crippen LogP contribution in [0.1, 0.15) is 78.1 Å². The fourth-order valence-corrected chi connectivity index (χ4v) is 11.3. The number of carbonyl (C=O) groups excluding carboxylic acids is 1. The smallest absolute Gasteiger partial charge is 0.343 e. The van der Waals surface area contributed by atoms with Gasteiger partial charge < -0.3 is 80.7 Å². The Labute approximate surface area is 380 Å². The zero-order valence-corrected chi connectivity index (χ0v) is 37.9. The topological polar surface area (TPSA) is 289 Å². The molecule has 19 nitrogen and oxygen atoms in total. The summed E-state index contributed by atoms with van der Waals surface area (Å²) in [4.78, 5) is 32.1. The molecule has 0 radical (unpaired) electrons. The van der Waals surface area contributed by atoms with E-state index in [0.29, 0.717) is 34.6 Å². The van der Waals surface area contributed by atoms with Gasteiger partial charge in [0.1, 0.15) is 43.2 Å². The Balaban J connectivity index is 1.36. The van der Waals surface area contributed by atoms with Crippen molar-refractivity contribution in [1.82, 2.24) is 10.6 Å². The van der Waals surface area contributed by atoms with Crippen LogP contribution in [-0.2, 0) is 33.3 Å². The van der Waals surface area contributed by atoms with Crippen LogP contribution in [0.5, 0.6) is 0 Å². The molecule has 4 fully saturated rings. The Morgan fingerprint density at radius 2 is 1.83 bits per heavy atom. The number of guanidine groups is 1. The first-order valence-corrected chi connectivity index (χ1v) is 23.1. The Hall–Kier alpha value is -3.73. The zero-order chi connectivity index (χ0) is 47.1. The average Bonchev–Trinajstić information content (AvgIpc) is 3.99. The molecule has 1 saturated heterocycles. The Morgan fingerprint density at radius 3 is 2.48 bits per heavy atom. The van der Waals surface area contributed by atoms with Gasteiger partial charge in [0.2, 0.25) is 12.1 Å². The first-order valence-electron chi connectivity index (χ1n) is 23.1. The van der Waals surface area contributed by atoms with Crippen molar-refractivity contribution in [1.29, 1.82) is 0 Å². The molecule has 11 atom stereocenters. The van der Waals surface area contributed by atoms with Crippen molar-refractivity contribution in [2.24, 2.45) is 39.3 Å². The number of nitrogens with zero attached hydrogens (tertiary/aromatic N) is 1. The number of nitrogens with two attached hydrogens (primary N) is 1. The molecule has 0 amide bonds. The van der Waals surface area contributed by atoms with Gasteiger partial charge in [-0.3, -0.25) is 4.99 Å². The van der Waals surface area contributed by atoms with E-state index < -0.39 is 73.2 Å². The molecule has 0 aromatic heterocycles. The molecular formula is C46H72N5O14+. The monoisotopic (exact) mass is 919 g/mol. The van der Waals surface area contributed by atoms with Crippen LogP contribution < -0.4 is 21.3 Å². The molecule has 0 aromatic rings. The number of aliphatic imine (C=N–C) groups is 1. The van der Waals surface area contributed by atoms with Crippen molar-refractivity contribution >= 4 is 17.9 Å². The Kier molecular flexibility index (Phi) is 17.1. The maximum Gasteiger partial charge on any atom is 0.343 e. The highest BCUT2D eigenvalue weighted by Crippen LogP contribution is 2.66. The SMILES string of the molecule is C=C[C@H]1[C@H](O[C@@H]2O[C@H](CO)[C@@H](O)C(O)(O)[C@H]2OC(C)C)OC=C(C(=O)O[C@H]2CC[C@@]3(CCC4(CCCC4)[C@H]3CNC)C2)[C@H]1/C=C/C1=C(NC(N)=NCCCO)C(C(=O)O)=C[NH+](CCO)C1. The largest absolute Gasteiger partial charge is 0.477 e. The Morgan fingerprint density at radius 1 is 1.09 bits per heavy atom. The number of carboxylic acids is 1. The van der Waals surface area contributed by atoms with Gasteiger partial charge in [-0.15, -0.1) is 6.58 Å². The highest BCUT2D eigenvalue weighted by Gasteiger charge is 2.60. The third kappa shape index (κ3) is 11.0. The summed E-state index contributed by atoms with van der Waals surface area (Å²) in [6, 6.07) is 0. The van der Waals surface area contributed by atoms with Gasteiger partial charge in [-0.2, -0.15) is 0 Å². The van der Waals surface area contributed by atoms with Crippen molar-refractivity contribution in [2.75, 3.05) is 53.0 Å². The van der Waals surface area contributed by atoms with Gasteiger partial charge in [0.25, 0.3) is 0 Å². The van der Waals surface area contributed by atoms with Crippen molar-refractivity contribution < 1.29 is 73.9 Å². The van der Waals surface area contributed by atoms with Gasteiger partial charge in [-0.1, -0.05) is 31.1 Å². The highest BCUT2D eigenvalue weighted by atomic mass is 16.8. The van der Waals surface area contributed by atoms with Gasteiger partial charge in [0.15, 0.2) is 18.4 Å². The summed E-state index contributed by atoms with van der Waals surface area (Å²) < 4.78 is 30.5. The van der Waals surface area contributed by atoms with E-state index in [1.165, 1.54) is 50.6 Å². The maximum absolute atomic E-state index is 14.6. The number of esters is 1. The van der Waals surface area contributed by atoms with Gasteiger partial charge in [-0.25, -0.2) is 9.59 Å². The number of carboxylic acid groups (broad SMARTS) is 1. The summed E-state index contributed by atoms with van der Waals surface area (Å²) in [5, 5.41) is 78.8. The summed E-state index contributed by atoms with van der Waals surface area (Å²) in [7, 11) is 2.00. The number of rotatable bonds is 19. The second-order valence-corrected chi connectivity index (χ2v) is 18.8. The van der Waals surface area contributed by atoms with E-state index in [1.807, 2.05) is 7.05 Å². The second kappa shape index (κ2) is 21.9. The molecule has 0 bridgehead atoms. The van der Waals surface area contributed by atoms with Crippen molar-refractivity contribution in [2.45, 2.75) is 127 Å². The third-order valence-corrected chi connectivity index (χ3v) is 14.4. The van der Waals surface area contributed by atoms with Crippen molar-refractivity contribution in [3.05, 3.63) is 59.7 Å². The number of allylic oxidation sites excluding steroid dienone is 1. The summed E-state index contributed by atoms with van der Waals surface area (Å²) >= 11 is 0. The number of hydrogen-bond acceptors (Lipinski definition) is 15. The van der Waals surface area contributed by atoms with Crippen LogP contribution in [-0.4, -0.2) is 156 Å². The predicted molar refractivity (Wildman–Crippen MR) is 235 cm³/mol. The maximum atomic E-state index is 14.6. The lowest BCUT2D eigenvalue weighted by atomic mass is 9.67. The van der Waals surface area contributed by atoms with Crippen LogP contribution >= 0.6 is 0 Å². The third-order valence-electron chi connectivity index (χ3n) is 14.4. The molecule has 3 aliphatic heterocycles. The van der Waals surface area contributed by atoms with Crippen LogP contribution in [0.3, 0.4) is 0 Å². The summed E-state index contributed by atoms with van der Waals surface area (Å²) in [6.45, 7) is 7.66. The fourth-order valence-electron chi connectivity index (χ4n) is 11.3. The van der Waals surface area contributed by atoms with Crippen molar-refractivity contribution in [3.8, 4) is 0 Å². The van der Waals surface area contributed by atoms with Gasteiger partial charge in [0.05, 0.1) is 42.8 Å². The predicted octanol–water partition coefficient (Wildman–Crippen LogP) is -0.558. The summed E-state index contributed by atoms with van der Waals surface area (Å²) in [6.07, 6.45) is 8.45. The first-order chi connectivity index (χ1) is 31.1.